The average molecular weight is 472 g/mol. The van der Waals surface area contributed by atoms with Gasteiger partial charge in [0.2, 0.25) is 0 Å². The molecule has 5 aliphatic rings. The minimum absolute atomic E-state index is 0.0821. The van der Waals surface area contributed by atoms with Crippen LogP contribution in [0.5, 0.6) is 0 Å². The van der Waals surface area contributed by atoms with Gasteiger partial charge in [-0.2, -0.15) is 5.10 Å². The molecule has 2 atom stereocenters. The first-order chi connectivity index (χ1) is 17.1. The molecule has 8 nitrogen and oxygen atoms in total. The van der Waals surface area contributed by atoms with Gasteiger partial charge in [-0.1, -0.05) is 23.8 Å². The Kier molecular flexibility index (Phi) is 5.98. The predicted molar refractivity (Wildman–Crippen MR) is 138 cm³/mol. The Bertz CT molecular complexity index is 1180. The van der Waals surface area contributed by atoms with Crippen molar-refractivity contribution in [2.24, 2.45) is 15.9 Å². The van der Waals surface area contributed by atoms with Gasteiger partial charge in [0, 0.05) is 43.7 Å². The normalized spacial score (nSPS) is 26.2. The van der Waals surface area contributed by atoms with Crippen LogP contribution in [0.2, 0.25) is 0 Å². The van der Waals surface area contributed by atoms with E-state index < -0.39 is 0 Å². The van der Waals surface area contributed by atoms with E-state index in [0.717, 1.165) is 36.8 Å². The van der Waals surface area contributed by atoms with Crippen LogP contribution in [-0.4, -0.2) is 64.2 Å². The molecule has 0 radical (unpaired) electrons. The van der Waals surface area contributed by atoms with Crippen molar-refractivity contribution in [1.82, 2.24) is 19.6 Å². The second kappa shape index (κ2) is 9.41. The molecule has 182 valence electrons. The zero-order valence-corrected chi connectivity index (χ0v) is 20.3. The first-order valence-corrected chi connectivity index (χ1v) is 12.8. The maximum Gasteiger partial charge on any atom is 0.262 e. The molecule has 1 aromatic heterocycles. The topological polar surface area (TPSA) is 78.1 Å². The first kappa shape index (κ1) is 22.2. The van der Waals surface area contributed by atoms with E-state index in [4.69, 9.17) is 5.10 Å². The molecular formula is C27H33N7O. The highest BCUT2D eigenvalue weighted by Gasteiger charge is 2.31. The highest BCUT2D eigenvalue weighted by molar-refractivity contribution is 6.18. The quantitative estimate of drug-likeness (QED) is 0.680. The van der Waals surface area contributed by atoms with Crippen molar-refractivity contribution in [2.45, 2.75) is 51.0 Å². The first-order valence-electron chi connectivity index (χ1n) is 12.8. The molecule has 1 saturated carbocycles. The van der Waals surface area contributed by atoms with Crippen molar-refractivity contribution >= 4 is 24.2 Å². The van der Waals surface area contributed by atoms with E-state index in [1.54, 1.807) is 12.4 Å². The third kappa shape index (κ3) is 4.80. The molecule has 2 aliphatic carbocycles. The summed E-state index contributed by atoms with van der Waals surface area (Å²) in [6.07, 6.45) is 19.6. The average Bonchev–Trinajstić information content (AvgIpc) is 3.60. The standard InChI is InChI=1S/C27H33N7O/c1-19-5-9-22(10-6-19)34-25(30-27(35)23-15-28-18-33-13-3-11-29-26(23)33)14-24(31-34)21-4-2-12-32(17-21)16-20-7-8-20/h3,5-6,9,11,13-15,20-22H,2,4,7-8,10,12,16-18H2,1H3,(H,30,35). The molecule has 1 amide bonds. The van der Waals surface area contributed by atoms with E-state index in [0.29, 0.717) is 24.0 Å². The summed E-state index contributed by atoms with van der Waals surface area (Å²) >= 11 is 0. The molecule has 1 saturated heterocycles. The third-order valence-corrected chi connectivity index (χ3v) is 7.47. The fourth-order valence-electron chi connectivity index (χ4n) is 5.35. The largest absolute Gasteiger partial charge is 0.312 e. The van der Waals surface area contributed by atoms with Gasteiger partial charge in [-0.25, -0.2) is 9.67 Å². The van der Waals surface area contributed by atoms with Crippen LogP contribution in [0.3, 0.4) is 0 Å². The third-order valence-electron chi connectivity index (χ3n) is 7.47. The summed E-state index contributed by atoms with van der Waals surface area (Å²) in [6.45, 7) is 6.05. The highest BCUT2D eigenvalue weighted by atomic mass is 16.1. The molecule has 2 unspecified atom stereocenters. The molecule has 2 fully saturated rings. The minimum Gasteiger partial charge on any atom is -0.312 e. The summed E-state index contributed by atoms with van der Waals surface area (Å²) < 4.78 is 2.00. The Morgan fingerprint density at radius 3 is 3.00 bits per heavy atom. The van der Waals surface area contributed by atoms with Crippen LogP contribution in [0, 0.1) is 5.92 Å². The Balaban J connectivity index is 1.27. The molecular weight excluding hydrogens is 438 g/mol. The van der Waals surface area contributed by atoms with Gasteiger partial charge in [0.25, 0.3) is 5.91 Å². The molecule has 1 N–H and O–H groups in total. The van der Waals surface area contributed by atoms with Crippen molar-refractivity contribution < 1.29 is 4.79 Å². The Morgan fingerprint density at radius 1 is 1.26 bits per heavy atom. The van der Waals surface area contributed by atoms with Crippen molar-refractivity contribution in [3.05, 3.63) is 59.2 Å². The number of likely N-dealkylation sites (tertiary alicyclic amines) is 1. The zero-order valence-electron chi connectivity index (χ0n) is 20.3. The summed E-state index contributed by atoms with van der Waals surface area (Å²) in [7, 11) is 0. The van der Waals surface area contributed by atoms with Gasteiger partial charge in [-0.05, 0) is 57.6 Å². The number of allylic oxidation sites excluding steroid dienone is 5. The molecule has 4 heterocycles. The zero-order chi connectivity index (χ0) is 23.8. The number of fused-ring (bicyclic) bond motifs is 1. The van der Waals surface area contributed by atoms with Crippen LogP contribution in [0.1, 0.15) is 56.7 Å². The van der Waals surface area contributed by atoms with Crippen molar-refractivity contribution in [3.63, 3.8) is 0 Å². The molecule has 8 heteroatoms. The molecule has 0 spiro atoms. The van der Waals surface area contributed by atoms with Crippen LogP contribution in [0.4, 0.5) is 5.82 Å². The van der Waals surface area contributed by atoms with E-state index in [1.807, 2.05) is 21.9 Å². The predicted octanol–water partition coefficient (Wildman–Crippen LogP) is 4.01. The maximum atomic E-state index is 13.4. The van der Waals surface area contributed by atoms with Gasteiger partial charge in [0.1, 0.15) is 23.9 Å². The van der Waals surface area contributed by atoms with Crippen LogP contribution in [0.15, 0.2) is 63.5 Å². The van der Waals surface area contributed by atoms with Gasteiger partial charge >= 0.3 is 0 Å². The van der Waals surface area contributed by atoms with E-state index >= 15 is 0 Å². The number of hydrogen-bond donors (Lipinski definition) is 1. The number of anilines is 1. The second-order valence-electron chi connectivity index (χ2n) is 10.3. The Hall–Kier alpha value is -3.26. The van der Waals surface area contributed by atoms with Gasteiger partial charge in [-0.15, -0.1) is 0 Å². The number of carbonyl (C=O) groups is 1. The molecule has 0 bridgehead atoms. The number of hydrogen-bond acceptors (Lipinski definition) is 6. The van der Waals surface area contributed by atoms with Gasteiger partial charge < -0.3 is 15.1 Å². The minimum atomic E-state index is -0.209. The lowest BCUT2D eigenvalue weighted by molar-refractivity contribution is -0.112. The van der Waals surface area contributed by atoms with E-state index in [1.165, 1.54) is 37.9 Å². The van der Waals surface area contributed by atoms with Crippen LogP contribution < -0.4 is 5.32 Å². The number of carbonyl (C=O) groups excluding carboxylic acids is 1. The second-order valence-corrected chi connectivity index (χ2v) is 10.3. The molecule has 6 rings (SSSR count). The van der Waals surface area contributed by atoms with Gasteiger partial charge in [0.05, 0.1) is 11.7 Å². The SMILES string of the molecule is CC1=CCC(n2nc(C3CCCN(CC4CC4)C3)cc2NC(=O)C2=C3N=CC=CN3CN=C2)C=C1. The van der Waals surface area contributed by atoms with Crippen LogP contribution in [-0.2, 0) is 4.79 Å². The monoisotopic (exact) mass is 471 g/mol. The number of nitrogens with one attached hydrogen (secondary N) is 1. The molecule has 35 heavy (non-hydrogen) atoms. The summed E-state index contributed by atoms with van der Waals surface area (Å²) in [4.78, 5) is 26.7. The lowest BCUT2D eigenvalue weighted by Gasteiger charge is -2.32. The number of aromatic nitrogens is 2. The Morgan fingerprint density at radius 2 is 2.17 bits per heavy atom. The summed E-state index contributed by atoms with van der Waals surface area (Å²) in [6, 6.07) is 2.17. The summed E-state index contributed by atoms with van der Waals surface area (Å²) in [5, 5.41) is 8.24. The van der Waals surface area contributed by atoms with Gasteiger partial charge in [-0.3, -0.25) is 9.79 Å². The number of piperidine rings is 1. The fraction of sp³-hybridized carbons (Fsp3) is 0.481. The molecule has 1 aromatic rings. The number of aliphatic imine (C=N–C) groups is 2. The lowest BCUT2D eigenvalue weighted by Crippen LogP contribution is -2.36. The van der Waals surface area contributed by atoms with Crippen LogP contribution in [0.25, 0.3) is 0 Å². The van der Waals surface area contributed by atoms with Crippen molar-refractivity contribution in [1.29, 1.82) is 0 Å². The smallest absolute Gasteiger partial charge is 0.262 e. The highest BCUT2D eigenvalue weighted by Crippen LogP contribution is 2.35. The lowest BCUT2D eigenvalue weighted by atomic mass is 9.94. The Labute approximate surface area is 206 Å². The maximum absolute atomic E-state index is 13.4. The number of nitrogens with zero attached hydrogens (tertiary/aromatic N) is 6. The summed E-state index contributed by atoms with van der Waals surface area (Å²) in [5.41, 5.74) is 2.81. The number of amides is 1. The van der Waals surface area contributed by atoms with Gasteiger partial charge in [0.15, 0.2) is 0 Å². The molecule has 0 aromatic carbocycles. The van der Waals surface area contributed by atoms with Crippen molar-refractivity contribution in [3.8, 4) is 0 Å². The molecule has 3 aliphatic heterocycles. The number of rotatable bonds is 6. The van der Waals surface area contributed by atoms with E-state index in [9.17, 15) is 4.79 Å². The fourth-order valence-corrected chi connectivity index (χ4v) is 5.35. The van der Waals surface area contributed by atoms with Crippen LogP contribution >= 0.6 is 0 Å². The van der Waals surface area contributed by atoms with E-state index in [-0.39, 0.29) is 11.9 Å². The van der Waals surface area contributed by atoms with E-state index in [2.05, 4.69) is 51.4 Å². The van der Waals surface area contributed by atoms with Crippen molar-refractivity contribution in [2.75, 3.05) is 31.6 Å². The summed E-state index contributed by atoms with van der Waals surface area (Å²) in [5.74, 6) is 2.45.